The molecule has 3 heterocycles. The Kier molecular flexibility index (Phi) is 5.19. The summed E-state index contributed by atoms with van der Waals surface area (Å²) >= 11 is 1.51. The van der Waals surface area contributed by atoms with Gasteiger partial charge in [0.15, 0.2) is 4.96 Å². The zero-order chi connectivity index (χ0) is 22.5. The van der Waals surface area contributed by atoms with Crippen molar-refractivity contribution in [3.63, 3.8) is 0 Å². The van der Waals surface area contributed by atoms with Gasteiger partial charge < -0.3 is 9.80 Å². The van der Waals surface area contributed by atoms with Crippen LogP contribution < -0.4 is 10.5 Å². The lowest BCUT2D eigenvalue weighted by molar-refractivity contribution is -0.137. The number of rotatable bonds is 2. The van der Waals surface area contributed by atoms with Crippen LogP contribution in [-0.4, -0.2) is 46.4 Å². The normalized spacial score (nSPS) is 17.0. The summed E-state index contributed by atoms with van der Waals surface area (Å²) in [6, 6.07) is 5.19. The lowest BCUT2D eigenvalue weighted by Crippen LogP contribution is -2.49. The average molecular weight is 462 g/mol. The number of amides is 1. The third kappa shape index (κ3) is 3.66. The maximum Gasteiger partial charge on any atom is 0.416 e. The van der Waals surface area contributed by atoms with Gasteiger partial charge in [0.25, 0.3) is 11.5 Å². The second kappa shape index (κ2) is 7.91. The van der Waals surface area contributed by atoms with E-state index >= 15 is 0 Å². The van der Waals surface area contributed by atoms with Gasteiger partial charge >= 0.3 is 6.18 Å². The van der Waals surface area contributed by atoms with E-state index in [1.54, 1.807) is 15.4 Å². The first-order chi connectivity index (χ1) is 15.3. The molecule has 6 nitrogen and oxygen atoms in total. The van der Waals surface area contributed by atoms with Gasteiger partial charge in [-0.3, -0.25) is 14.0 Å². The molecule has 2 aliphatic rings. The Morgan fingerprint density at radius 1 is 1.06 bits per heavy atom. The van der Waals surface area contributed by atoms with Crippen LogP contribution in [-0.2, 0) is 19.0 Å². The zero-order valence-corrected chi connectivity index (χ0v) is 18.0. The predicted octanol–water partition coefficient (Wildman–Crippen LogP) is 3.62. The number of halogens is 3. The van der Waals surface area contributed by atoms with Crippen LogP contribution in [0.1, 0.15) is 39.3 Å². The number of piperazine rings is 1. The molecule has 1 amide bonds. The number of aromatic nitrogens is 2. The van der Waals surface area contributed by atoms with Crippen molar-refractivity contribution >= 4 is 27.9 Å². The van der Waals surface area contributed by atoms with Crippen molar-refractivity contribution < 1.29 is 18.0 Å². The number of alkyl halides is 3. The molecule has 0 bridgehead atoms. The third-order valence-corrected chi connectivity index (χ3v) is 7.30. The Morgan fingerprint density at radius 3 is 2.56 bits per heavy atom. The van der Waals surface area contributed by atoms with E-state index in [0.29, 0.717) is 36.8 Å². The Labute approximate surface area is 185 Å². The molecule has 0 saturated carbocycles. The molecule has 1 aliphatic heterocycles. The first-order valence-electron chi connectivity index (χ1n) is 10.6. The molecule has 10 heteroatoms. The fraction of sp³-hybridized carbons (Fsp3) is 0.409. The number of thiazole rings is 1. The first kappa shape index (κ1) is 21.0. The molecule has 0 atom stereocenters. The van der Waals surface area contributed by atoms with Crippen LogP contribution in [0.25, 0.3) is 4.96 Å². The first-order valence-corrected chi connectivity index (χ1v) is 11.4. The van der Waals surface area contributed by atoms with Gasteiger partial charge in [-0.15, -0.1) is 11.3 Å². The summed E-state index contributed by atoms with van der Waals surface area (Å²) in [5, 5.41) is 0. The third-order valence-electron chi connectivity index (χ3n) is 6.14. The summed E-state index contributed by atoms with van der Waals surface area (Å²) in [5.74, 6) is -0.378. The highest BCUT2D eigenvalue weighted by Crippen LogP contribution is 2.32. The molecule has 5 rings (SSSR count). The van der Waals surface area contributed by atoms with Crippen molar-refractivity contribution in [3.05, 3.63) is 62.5 Å². The number of anilines is 1. The Hall–Kier alpha value is -2.88. The molecule has 168 valence electrons. The lowest BCUT2D eigenvalue weighted by Gasteiger charge is -2.36. The summed E-state index contributed by atoms with van der Waals surface area (Å²) in [6.45, 7) is 1.41. The molecule has 1 saturated heterocycles. The number of aryl methyl sites for hydroxylation is 2. The Bertz CT molecular complexity index is 1240. The van der Waals surface area contributed by atoms with Crippen molar-refractivity contribution in [3.8, 4) is 0 Å². The number of carbonyl (C=O) groups is 1. The van der Waals surface area contributed by atoms with Gasteiger partial charge in [-0.2, -0.15) is 13.2 Å². The monoisotopic (exact) mass is 462 g/mol. The number of nitrogens with zero attached hydrogens (tertiary/aromatic N) is 4. The highest BCUT2D eigenvalue weighted by atomic mass is 32.1. The van der Waals surface area contributed by atoms with Crippen molar-refractivity contribution in [2.45, 2.75) is 31.9 Å². The van der Waals surface area contributed by atoms with Gasteiger partial charge in [-0.05, 0) is 43.9 Å². The van der Waals surface area contributed by atoms with Crippen LogP contribution in [0, 0.1) is 0 Å². The zero-order valence-electron chi connectivity index (χ0n) is 17.2. The minimum Gasteiger partial charge on any atom is -0.368 e. The molecular weight excluding hydrogens is 441 g/mol. The van der Waals surface area contributed by atoms with Crippen molar-refractivity contribution in [1.29, 1.82) is 0 Å². The molecule has 1 aliphatic carbocycles. The van der Waals surface area contributed by atoms with E-state index in [1.807, 2.05) is 4.90 Å². The molecule has 2 aromatic heterocycles. The maximum atomic E-state index is 13.1. The number of carbonyl (C=O) groups excluding carboxylic acids is 1. The standard InChI is InChI=1S/C22H21F3N4O2S/c23-22(24,25)14-4-3-5-15(12-14)27-8-10-28(11-9-27)19(30)16-13-26-21-29(20(16)31)17-6-1-2-7-18(17)32-21/h3-5,12-13H,1-2,6-11H2. The molecule has 32 heavy (non-hydrogen) atoms. The molecule has 0 N–H and O–H groups in total. The number of fused-ring (bicyclic) bond motifs is 3. The molecule has 0 radical (unpaired) electrons. The van der Waals surface area contributed by atoms with Crippen LogP contribution in [0.15, 0.2) is 35.3 Å². The summed E-state index contributed by atoms with van der Waals surface area (Å²) in [5.41, 5.74) is 0.457. The molecule has 1 aromatic carbocycles. The van der Waals surface area contributed by atoms with Gasteiger partial charge in [-0.25, -0.2) is 4.98 Å². The van der Waals surface area contributed by atoms with Gasteiger partial charge in [0.05, 0.1) is 5.56 Å². The van der Waals surface area contributed by atoms with E-state index in [9.17, 15) is 22.8 Å². The van der Waals surface area contributed by atoms with E-state index in [-0.39, 0.29) is 17.0 Å². The van der Waals surface area contributed by atoms with Crippen LogP contribution in [0.4, 0.5) is 18.9 Å². The van der Waals surface area contributed by atoms with E-state index in [2.05, 4.69) is 4.98 Å². The number of benzene rings is 1. The number of hydrogen-bond donors (Lipinski definition) is 0. The summed E-state index contributed by atoms with van der Waals surface area (Å²) in [4.78, 5) is 35.8. The SMILES string of the molecule is O=C(c1cnc2sc3c(n2c1=O)CCCC3)N1CCN(c2cccc(C(F)(F)F)c2)CC1. The van der Waals surface area contributed by atoms with Crippen LogP contribution in [0.5, 0.6) is 0 Å². The van der Waals surface area contributed by atoms with Gasteiger partial charge in [0, 0.05) is 48.6 Å². The molecular formula is C22H21F3N4O2S. The van der Waals surface area contributed by atoms with Crippen molar-refractivity contribution in [1.82, 2.24) is 14.3 Å². The van der Waals surface area contributed by atoms with Crippen LogP contribution in [0.3, 0.4) is 0 Å². The molecule has 3 aromatic rings. The fourth-order valence-electron chi connectivity index (χ4n) is 4.43. The minimum atomic E-state index is -4.40. The lowest BCUT2D eigenvalue weighted by atomic mass is 10.0. The predicted molar refractivity (Wildman–Crippen MR) is 116 cm³/mol. The summed E-state index contributed by atoms with van der Waals surface area (Å²) in [6.07, 6.45) is 0.814. The summed E-state index contributed by atoms with van der Waals surface area (Å²) in [7, 11) is 0. The van der Waals surface area contributed by atoms with E-state index in [0.717, 1.165) is 43.5 Å². The minimum absolute atomic E-state index is 0.0428. The quantitative estimate of drug-likeness (QED) is 0.584. The highest BCUT2D eigenvalue weighted by molar-refractivity contribution is 7.17. The van der Waals surface area contributed by atoms with E-state index in [4.69, 9.17) is 0 Å². The fourth-order valence-corrected chi connectivity index (χ4v) is 5.60. The van der Waals surface area contributed by atoms with Crippen molar-refractivity contribution in [2.24, 2.45) is 0 Å². The van der Waals surface area contributed by atoms with Gasteiger partial charge in [0.2, 0.25) is 0 Å². The van der Waals surface area contributed by atoms with E-state index in [1.165, 1.54) is 28.5 Å². The van der Waals surface area contributed by atoms with E-state index < -0.39 is 11.7 Å². The highest BCUT2D eigenvalue weighted by Gasteiger charge is 2.32. The topological polar surface area (TPSA) is 57.9 Å². The molecule has 0 spiro atoms. The Balaban J connectivity index is 1.34. The molecule has 0 unspecified atom stereocenters. The van der Waals surface area contributed by atoms with Gasteiger partial charge in [0.1, 0.15) is 5.56 Å². The smallest absolute Gasteiger partial charge is 0.368 e. The van der Waals surface area contributed by atoms with Crippen LogP contribution in [0.2, 0.25) is 0 Å². The summed E-state index contributed by atoms with van der Waals surface area (Å²) < 4.78 is 40.6. The van der Waals surface area contributed by atoms with Crippen molar-refractivity contribution in [2.75, 3.05) is 31.1 Å². The molecule has 1 fully saturated rings. The second-order valence-corrected chi connectivity index (χ2v) is 9.16. The van der Waals surface area contributed by atoms with Crippen LogP contribution >= 0.6 is 11.3 Å². The number of hydrogen-bond acceptors (Lipinski definition) is 5. The second-order valence-electron chi connectivity index (χ2n) is 8.10. The largest absolute Gasteiger partial charge is 0.416 e. The average Bonchev–Trinajstić information content (AvgIpc) is 3.18. The Morgan fingerprint density at radius 2 is 1.81 bits per heavy atom. The van der Waals surface area contributed by atoms with Gasteiger partial charge in [-0.1, -0.05) is 6.07 Å². The maximum absolute atomic E-state index is 13.1.